The molecule has 0 aliphatic carbocycles. The average molecular weight is 285 g/mol. The minimum atomic E-state index is -0.767. The second kappa shape index (κ2) is 8.32. The van der Waals surface area contributed by atoms with Gasteiger partial charge in [-0.15, -0.1) is 0 Å². The first-order chi connectivity index (χ1) is 9.56. The Morgan fingerprint density at radius 3 is 2.40 bits per heavy atom. The molecule has 0 heterocycles. The molecule has 114 valence electrons. The maximum absolute atomic E-state index is 14.2. The molecule has 0 amide bonds. The molecule has 2 nitrogen and oxygen atoms in total. The van der Waals surface area contributed by atoms with Gasteiger partial charge >= 0.3 is 0 Å². The molecule has 0 radical (unpaired) electrons. The zero-order chi connectivity index (χ0) is 15.1. The summed E-state index contributed by atoms with van der Waals surface area (Å²) in [5, 5.41) is 3.28. The summed E-state index contributed by atoms with van der Waals surface area (Å²) in [4.78, 5) is 0. The van der Waals surface area contributed by atoms with Crippen molar-refractivity contribution in [2.24, 2.45) is 0 Å². The van der Waals surface area contributed by atoms with Gasteiger partial charge in [0, 0.05) is 12.7 Å². The Kier molecular flexibility index (Phi) is 7.10. The fraction of sp³-hybridized carbons (Fsp3) is 0.625. The molecular formula is C16H25F2NO. The molecule has 20 heavy (non-hydrogen) atoms. The van der Waals surface area contributed by atoms with Crippen molar-refractivity contribution in [3.8, 4) is 0 Å². The lowest BCUT2D eigenvalue weighted by Gasteiger charge is -2.28. The molecule has 4 heteroatoms. The zero-order valence-electron chi connectivity index (χ0n) is 12.8. The van der Waals surface area contributed by atoms with Crippen molar-refractivity contribution in [2.75, 3.05) is 13.7 Å². The SMILES string of the molecule is CCCNC(c1ccc(C)c(F)c1F)C(CCC)OC. The van der Waals surface area contributed by atoms with E-state index in [1.807, 2.05) is 6.92 Å². The molecule has 0 saturated carbocycles. The highest BCUT2D eigenvalue weighted by molar-refractivity contribution is 5.28. The van der Waals surface area contributed by atoms with Crippen LogP contribution < -0.4 is 5.32 Å². The Labute approximate surface area is 120 Å². The smallest absolute Gasteiger partial charge is 0.163 e. The van der Waals surface area contributed by atoms with E-state index in [-0.39, 0.29) is 12.1 Å². The van der Waals surface area contributed by atoms with E-state index in [1.54, 1.807) is 26.2 Å². The van der Waals surface area contributed by atoms with Crippen LogP contribution in [0.5, 0.6) is 0 Å². The van der Waals surface area contributed by atoms with Gasteiger partial charge in [0.2, 0.25) is 0 Å². The van der Waals surface area contributed by atoms with Gasteiger partial charge in [-0.2, -0.15) is 0 Å². The third kappa shape index (κ3) is 4.00. The van der Waals surface area contributed by atoms with Gasteiger partial charge in [0.05, 0.1) is 12.1 Å². The van der Waals surface area contributed by atoms with Gasteiger partial charge in [-0.3, -0.25) is 0 Å². The summed E-state index contributed by atoms with van der Waals surface area (Å²) in [6.07, 6.45) is 2.49. The molecule has 1 rings (SSSR count). The molecule has 2 atom stereocenters. The van der Waals surface area contributed by atoms with Crippen LogP contribution in [0.2, 0.25) is 0 Å². The lowest BCUT2D eigenvalue weighted by Crippen LogP contribution is -2.34. The largest absolute Gasteiger partial charge is 0.379 e. The summed E-state index contributed by atoms with van der Waals surface area (Å²) in [5.41, 5.74) is 0.673. The van der Waals surface area contributed by atoms with Crippen LogP contribution in [0.25, 0.3) is 0 Å². The molecule has 0 aromatic heterocycles. The summed E-state index contributed by atoms with van der Waals surface area (Å²) in [5.74, 6) is -1.53. The molecule has 1 aromatic rings. The number of ether oxygens (including phenoxy) is 1. The van der Waals surface area contributed by atoms with Gasteiger partial charge in [-0.05, 0) is 31.9 Å². The van der Waals surface area contributed by atoms with Crippen molar-refractivity contribution >= 4 is 0 Å². The first-order valence-corrected chi connectivity index (χ1v) is 7.27. The third-order valence-electron chi connectivity index (χ3n) is 3.50. The van der Waals surface area contributed by atoms with Gasteiger partial charge in [0.25, 0.3) is 0 Å². The normalized spacial score (nSPS) is 14.3. The number of hydrogen-bond donors (Lipinski definition) is 1. The Balaban J connectivity index is 3.12. The molecule has 0 saturated heterocycles. The van der Waals surface area contributed by atoms with Crippen LogP contribution in [0.3, 0.4) is 0 Å². The molecular weight excluding hydrogens is 260 g/mol. The minimum Gasteiger partial charge on any atom is -0.379 e. The lowest BCUT2D eigenvalue weighted by molar-refractivity contribution is 0.0592. The van der Waals surface area contributed by atoms with E-state index in [0.29, 0.717) is 11.1 Å². The molecule has 0 bridgehead atoms. The summed E-state index contributed by atoms with van der Waals surface area (Å²) in [6, 6.07) is 2.95. The highest BCUT2D eigenvalue weighted by atomic mass is 19.2. The van der Waals surface area contributed by atoms with Crippen molar-refractivity contribution in [1.29, 1.82) is 0 Å². The van der Waals surface area contributed by atoms with Crippen LogP contribution in [0.15, 0.2) is 12.1 Å². The average Bonchev–Trinajstić information content (AvgIpc) is 2.45. The van der Waals surface area contributed by atoms with Crippen molar-refractivity contribution in [3.63, 3.8) is 0 Å². The van der Waals surface area contributed by atoms with E-state index in [9.17, 15) is 8.78 Å². The summed E-state index contributed by atoms with van der Waals surface area (Å²) in [6.45, 7) is 6.40. The van der Waals surface area contributed by atoms with Crippen LogP contribution in [0, 0.1) is 18.6 Å². The van der Waals surface area contributed by atoms with E-state index >= 15 is 0 Å². The van der Waals surface area contributed by atoms with Gasteiger partial charge < -0.3 is 10.1 Å². The molecule has 2 unspecified atom stereocenters. The number of benzene rings is 1. The highest BCUT2D eigenvalue weighted by Crippen LogP contribution is 2.27. The number of halogens is 2. The van der Waals surface area contributed by atoms with Crippen LogP contribution in [0.1, 0.15) is 50.3 Å². The molecule has 0 aliphatic heterocycles. The van der Waals surface area contributed by atoms with Gasteiger partial charge in [-0.1, -0.05) is 32.4 Å². The van der Waals surface area contributed by atoms with Gasteiger partial charge in [0.1, 0.15) is 0 Å². The second-order valence-corrected chi connectivity index (χ2v) is 5.09. The molecule has 1 N–H and O–H groups in total. The van der Waals surface area contributed by atoms with Gasteiger partial charge in [0.15, 0.2) is 11.6 Å². The molecule has 0 fully saturated rings. The summed E-state index contributed by atoms with van der Waals surface area (Å²) >= 11 is 0. The number of methoxy groups -OCH3 is 1. The first kappa shape index (κ1) is 17.1. The van der Waals surface area contributed by atoms with Gasteiger partial charge in [-0.25, -0.2) is 8.78 Å². The Bertz CT molecular complexity index is 423. The Morgan fingerprint density at radius 2 is 1.85 bits per heavy atom. The Morgan fingerprint density at radius 1 is 1.15 bits per heavy atom. The topological polar surface area (TPSA) is 21.3 Å². The third-order valence-corrected chi connectivity index (χ3v) is 3.50. The van der Waals surface area contributed by atoms with Crippen LogP contribution in [-0.2, 0) is 4.74 Å². The van der Waals surface area contributed by atoms with Crippen molar-refractivity contribution in [2.45, 2.75) is 52.2 Å². The van der Waals surface area contributed by atoms with E-state index in [0.717, 1.165) is 25.8 Å². The standard InChI is InChI=1S/C16H25F2NO/c1-5-7-13(20-4)16(19-10-6-2)12-9-8-11(3)14(17)15(12)18/h8-9,13,16,19H,5-7,10H2,1-4H3. The number of hydrogen-bond acceptors (Lipinski definition) is 2. The lowest BCUT2D eigenvalue weighted by atomic mass is 9.96. The summed E-state index contributed by atoms with van der Waals surface area (Å²) < 4.78 is 33.5. The van der Waals surface area contributed by atoms with E-state index in [2.05, 4.69) is 12.2 Å². The number of rotatable bonds is 8. The predicted octanol–water partition coefficient (Wildman–Crippen LogP) is 4.13. The molecule has 1 aromatic carbocycles. The van der Waals surface area contributed by atoms with E-state index < -0.39 is 11.6 Å². The Hall–Kier alpha value is -1.00. The van der Waals surface area contributed by atoms with E-state index in [4.69, 9.17) is 4.74 Å². The summed E-state index contributed by atoms with van der Waals surface area (Å²) in [7, 11) is 1.61. The highest BCUT2D eigenvalue weighted by Gasteiger charge is 2.26. The van der Waals surface area contributed by atoms with E-state index in [1.165, 1.54) is 0 Å². The predicted molar refractivity (Wildman–Crippen MR) is 77.8 cm³/mol. The maximum atomic E-state index is 14.2. The van der Waals surface area contributed by atoms with Crippen LogP contribution in [-0.4, -0.2) is 19.8 Å². The maximum Gasteiger partial charge on any atom is 0.163 e. The second-order valence-electron chi connectivity index (χ2n) is 5.09. The number of aryl methyl sites for hydroxylation is 1. The van der Waals surface area contributed by atoms with Crippen LogP contribution in [0.4, 0.5) is 8.78 Å². The van der Waals surface area contributed by atoms with Crippen LogP contribution >= 0.6 is 0 Å². The minimum absolute atomic E-state index is 0.164. The fourth-order valence-electron chi connectivity index (χ4n) is 2.35. The van der Waals surface area contributed by atoms with Crippen molar-refractivity contribution in [3.05, 3.63) is 34.9 Å². The zero-order valence-corrected chi connectivity index (χ0v) is 12.8. The van der Waals surface area contributed by atoms with Crippen molar-refractivity contribution < 1.29 is 13.5 Å². The fourth-order valence-corrected chi connectivity index (χ4v) is 2.35. The molecule has 0 aliphatic rings. The quantitative estimate of drug-likeness (QED) is 0.775. The molecule has 0 spiro atoms. The first-order valence-electron chi connectivity index (χ1n) is 7.27. The van der Waals surface area contributed by atoms with Crippen molar-refractivity contribution in [1.82, 2.24) is 5.32 Å². The number of nitrogens with one attached hydrogen (secondary N) is 1. The monoisotopic (exact) mass is 285 g/mol.